The number of hydrogen-bond donors (Lipinski definition) is 10. The molecule has 0 rings (SSSR count). The molecule has 0 aliphatic heterocycles. The molecule has 0 aromatic heterocycles. The number of carboxylic acids is 2. The Morgan fingerprint density at radius 2 is 0.708 bits per heavy atom. The highest BCUT2D eigenvalue weighted by molar-refractivity contribution is 5.74. The van der Waals surface area contributed by atoms with E-state index in [-0.39, 0.29) is 13.1 Å². The minimum atomic E-state index is -1.50. The van der Waals surface area contributed by atoms with Crippen LogP contribution in [-0.4, -0.2) is 118 Å². The van der Waals surface area contributed by atoms with Gasteiger partial charge in [0.1, 0.15) is 24.3 Å². The predicted octanol–water partition coefficient (Wildman–Crippen LogP) is 3.54. The van der Waals surface area contributed by atoms with Gasteiger partial charge in [-0.15, -0.1) is 0 Å². The fourth-order valence-corrected chi connectivity index (χ4v) is 5.81. The minimum Gasteiger partial charge on any atom is -0.480 e. The highest BCUT2D eigenvalue weighted by atomic mass is 16.4. The van der Waals surface area contributed by atoms with Crippen molar-refractivity contribution in [3.63, 3.8) is 0 Å². The van der Waals surface area contributed by atoms with Gasteiger partial charge in [-0.25, -0.2) is 0 Å². The van der Waals surface area contributed by atoms with Crippen LogP contribution >= 0.6 is 0 Å². The summed E-state index contributed by atoms with van der Waals surface area (Å²) in [5.41, 5.74) is 0. The van der Waals surface area contributed by atoms with Gasteiger partial charge in [0.15, 0.2) is 0 Å². The second-order valence-electron chi connectivity index (χ2n) is 13.4. The third kappa shape index (κ3) is 25.6. The fraction of sp³-hybridized carbons (Fsp3) is 0.944. The van der Waals surface area contributed by atoms with Gasteiger partial charge in [-0.1, -0.05) is 129 Å². The highest BCUT2D eigenvalue weighted by Crippen LogP contribution is 2.12. The van der Waals surface area contributed by atoms with Gasteiger partial charge >= 0.3 is 11.9 Å². The van der Waals surface area contributed by atoms with Gasteiger partial charge in [-0.3, -0.25) is 9.59 Å². The topological polar surface area (TPSA) is 204 Å². The van der Waals surface area contributed by atoms with Crippen LogP contribution in [0.1, 0.15) is 142 Å². The Labute approximate surface area is 291 Å². The number of hydrogen-bond acceptors (Lipinski definition) is 10. The smallest absolute Gasteiger partial charge is 0.323 e. The molecule has 0 saturated carbocycles. The third-order valence-corrected chi connectivity index (χ3v) is 8.98. The Bertz CT molecular complexity index is 691. The maximum atomic E-state index is 11.7. The SMILES string of the molecule is CCCCCCCCCCCCNC(C(=O)O)C(O)C(O)CNCCNCC(O)C(O)C(NCCCCCCCCCCCC)C(=O)O. The van der Waals surface area contributed by atoms with E-state index in [4.69, 9.17) is 0 Å². The summed E-state index contributed by atoms with van der Waals surface area (Å²) in [6.07, 6.45) is 17.8. The van der Waals surface area contributed by atoms with Gasteiger partial charge in [0.2, 0.25) is 0 Å². The van der Waals surface area contributed by atoms with Crippen molar-refractivity contribution in [1.82, 2.24) is 21.3 Å². The van der Waals surface area contributed by atoms with Crippen molar-refractivity contribution >= 4 is 11.9 Å². The molecule has 0 aliphatic rings. The first-order valence-corrected chi connectivity index (χ1v) is 19.2. The van der Waals surface area contributed by atoms with Crippen LogP contribution < -0.4 is 21.3 Å². The van der Waals surface area contributed by atoms with Gasteiger partial charge in [-0.05, 0) is 25.9 Å². The van der Waals surface area contributed by atoms with Crippen molar-refractivity contribution in [3.05, 3.63) is 0 Å². The zero-order valence-corrected chi connectivity index (χ0v) is 30.3. The first-order valence-electron chi connectivity index (χ1n) is 19.2. The molecule has 6 atom stereocenters. The number of unbranched alkanes of at least 4 members (excludes halogenated alkanes) is 18. The van der Waals surface area contributed by atoms with Gasteiger partial charge in [0.25, 0.3) is 0 Å². The van der Waals surface area contributed by atoms with Crippen LogP contribution in [-0.2, 0) is 9.59 Å². The standard InChI is InChI=1S/C36H74N4O8/c1-3-5-7-9-11-13-15-17-19-21-23-39-31(35(45)46)33(43)29(41)27-37-25-26-38-28-30(42)34(44)32(36(47)48)40-24-22-20-18-16-14-12-10-8-6-4-2/h29-34,37-44H,3-28H2,1-2H3,(H,45,46)(H,47,48). The first-order chi connectivity index (χ1) is 23.2. The van der Waals surface area contributed by atoms with E-state index < -0.39 is 48.4 Å². The number of rotatable bonds is 37. The third-order valence-electron chi connectivity index (χ3n) is 8.98. The molecule has 0 bridgehead atoms. The van der Waals surface area contributed by atoms with Crippen LogP contribution in [0.2, 0.25) is 0 Å². The Hall–Kier alpha value is -1.38. The van der Waals surface area contributed by atoms with E-state index in [9.17, 15) is 40.2 Å². The quantitative estimate of drug-likeness (QED) is 0.0426. The molecule has 48 heavy (non-hydrogen) atoms. The molecule has 0 aromatic carbocycles. The monoisotopic (exact) mass is 691 g/mol. The predicted molar refractivity (Wildman–Crippen MR) is 192 cm³/mol. The number of nitrogens with one attached hydrogen (secondary N) is 4. The molecule has 10 N–H and O–H groups in total. The summed E-state index contributed by atoms with van der Waals surface area (Å²) in [5.74, 6) is -2.44. The van der Waals surface area contributed by atoms with Crippen LogP contribution in [0.15, 0.2) is 0 Å². The van der Waals surface area contributed by atoms with Crippen molar-refractivity contribution in [1.29, 1.82) is 0 Å². The maximum Gasteiger partial charge on any atom is 0.323 e. The Balaban J connectivity index is 4.11. The van der Waals surface area contributed by atoms with Crippen molar-refractivity contribution < 1.29 is 40.2 Å². The lowest BCUT2D eigenvalue weighted by Gasteiger charge is -2.26. The van der Waals surface area contributed by atoms with Crippen molar-refractivity contribution in [2.24, 2.45) is 0 Å². The van der Waals surface area contributed by atoms with E-state index in [0.29, 0.717) is 26.2 Å². The van der Waals surface area contributed by atoms with Crippen LogP contribution in [0.3, 0.4) is 0 Å². The maximum absolute atomic E-state index is 11.7. The Morgan fingerprint density at radius 3 is 0.979 bits per heavy atom. The van der Waals surface area contributed by atoms with Gasteiger partial charge in [0, 0.05) is 26.2 Å². The second-order valence-corrected chi connectivity index (χ2v) is 13.4. The molecule has 12 heteroatoms. The lowest BCUT2D eigenvalue weighted by molar-refractivity contribution is -0.146. The molecule has 0 radical (unpaired) electrons. The molecular formula is C36H74N4O8. The zero-order valence-electron chi connectivity index (χ0n) is 30.3. The number of carboxylic acid groups (broad SMARTS) is 2. The summed E-state index contributed by atoms with van der Waals surface area (Å²) in [7, 11) is 0. The van der Waals surface area contributed by atoms with Crippen LogP contribution in [0.4, 0.5) is 0 Å². The molecule has 6 unspecified atom stereocenters. The highest BCUT2D eigenvalue weighted by Gasteiger charge is 2.32. The summed E-state index contributed by atoms with van der Waals surface area (Å²) < 4.78 is 0. The first kappa shape index (κ1) is 46.6. The molecule has 286 valence electrons. The summed E-state index contributed by atoms with van der Waals surface area (Å²) in [5, 5.41) is 72.3. The van der Waals surface area contributed by atoms with Crippen molar-refractivity contribution in [3.8, 4) is 0 Å². The minimum absolute atomic E-state index is 0.0400. The zero-order chi connectivity index (χ0) is 35.8. The van der Waals surface area contributed by atoms with E-state index in [1.165, 1.54) is 89.9 Å². The van der Waals surface area contributed by atoms with E-state index in [1.807, 2.05) is 0 Å². The van der Waals surface area contributed by atoms with Gasteiger partial charge in [-0.2, -0.15) is 0 Å². The van der Waals surface area contributed by atoms with E-state index >= 15 is 0 Å². The average molecular weight is 691 g/mol. The number of aliphatic hydroxyl groups excluding tert-OH is 4. The van der Waals surface area contributed by atoms with Crippen molar-refractivity contribution in [2.75, 3.05) is 39.3 Å². The largest absolute Gasteiger partial charge is 0.480 e. The summed E-state index contributed by atoms with van der Waals surface area (Å²) >= 11 is 0. The number of aliphatic carboxylic acids is 2. The Morgan fingerprint density at radius 1 is 0.438 bits per heavy atom. The van der Waals surface area contributed by atoms with Crippen LogP contribution in [0, 0.1) is 0 Å². The lowest BCUT2D eigenvalue weighted by atomic mass is 10.0. The lowest BCUT2D eigenvalue weighted by Crippen LogP contribution is -2.54. The fourth-order valence-electron chi connectivity index (χ4n) is 5.81. The van der Waals surface area contributed by atoms with Crippen molar-refractivity contribution in [2.45, 2.75) is 179 Å². The molecule has 12 nitrogen and oxygen atoms in total. The molecule has 0 heterocycles. The van der Waals surface area contributed by atoms with Crippen LogP contribution in [0.5, 0.6) is 0 Å². The summed E-state index contributed by atoms with van der Waals surface area (Å²) in [6.45, 7) is 5.89. The molecular weight excluding hydrogens is 616 g/mol. The van der Waals surface area contributed by atoms with E-state index in [0.717, 1.165) is 38.5 Å². The van der Waals surface area contributed by atoms with Crippen LogP contribution in [0.25, 0.3) is 0 Å². The van der Waals surface area contributed by atoms with Gasteiger partial charge in [0.05, 0.1) is 12.2 Å². The number of aliphatic hydroxyl groups is 4. The molecule has 0 amide bonds. The Kier molecular flexibility index (Phi) is 31.9. The van der Waals surface area contributed by atoms with E-state index in [2.05, 4.69) is 35.1 Å². The molecule has 0 aromatic rings. The molecule has 0 aliphatic carbocycles. The molecule has 0 saturated heterocycles. The molecule has 0 fully saturated rings. The number of carbonyl (C=O) groups is 2. The second kappa shape index (κ2) is 32.8. The average Bonchev–Trinajstić information content (AvgIpc) is 3.06. The van der Waals surface area contributed by atoms with Gasteiger partial charge < -0.3 is 51.9 Å². The molecule has 0 spiro atoms. The summed E-state index contributed by atoms with van der Waals surface area (Å²) in [6, 6.07) is -2.56. The van der Waals surface area contributed by atoms with E-state index in [1.54, 1.807) is 0 Å². The summed E-state index contributed by atoms with van der Waals surface area (Å²) in [4.78, 5) is 23.4. The normalized spacial score (nSPS) is 15.5.